The highest BCUT2D eigenvalue weighted by atomic mass is 32.2. The monoisotopic (exact) mass is 267 g/mol. The van der Waals surface area contributed by atoms with Crippen LogP contribution in [-0.4, -0.2) is 18.2 Å². The van der Waals surface area contributed by atoms with Crippen LogP contribution < -0.4 is 0 Å². The Morgan fingerprint density at radius 2 is 1.94 bits per heavy atom. The molecular weight excluding hydrogens is 250 g/mol. The molecule has 0 radical (unpaired) electrons. The maximum atomic E-state index is 13.3. The molecule has 100 valence electrons. The second-order valence-corrected chi connectivity index (χ2v) is 7.50. The molecule has 3 unspecified atom stereocenters. The largest absolute Gasteiger partial charge is 0.743 e. The van der Waals surface area contributed by atoms with Crippen molar-refractivity contribution in [3.8, 4) is 0 Å². The van der Waals surface area contributed by atoms with Crippen molar-refractivity contribution < 1.29 is 21.8 Å². The summed E-state index contributed by atoms with van der Waals surface area (Å²) in [5.74, 6) is 0.185. The molecule has 0 saturated heterocycles. The predicted octanol–water partition coefficient (Wildman–Crippen LogP) is 2.59. The van der Waals surface area contributed by atoms with Crippen molar-refractivity contribution in [3.63, 3.8) is 0 Å². The summed E-state index contributed by atoms with van der Waals surface area (Å²) in [5.41, 5.74) is 0.00733. The Balaban J connectivity index is 2.14. The fourth-order valence-corrected chi connectivity index (χ4v) is 4.27. The van der Waals surface area contributed by atoms with E-state index in [4.69, 9.17) is 0 Å². The third kappa shape index (κ3) is 1.99. The minimum atomic E-state index is -5.53. The van der Waals surface area contributed by atoms with Gasteiger partial charge < -0.3 is 4.55 Å². The summed E-state index contributed by atoms with van der Waals surface area (Å²) in [7, 11) is -5.53. The number of rotatable bonds is 3. The van der Waals surface area contributed by atoms with Gasteiger partial charge in [-0.05, 0) is 42.4 Å². The van der Waals surface area contributed by atoms with Gasteiger partial charge >= 0.3 is 5.25 Å². The lowest BCUT2D eigenvalue weighted by Crippen LogP contribution is -2.33. The van der Waals surface area contributed by atoms with E-state index >= 15 is 0 Å². The molecule has 0 amide bonds. The topological polar surface area (TPSA) is 57.2 Å². The first-order valence-electron chi connectivity index (χ1n) is 5.89. The van der Waals surface area contributed by atoms with Crippen LogP contribution in [0.1, 0.15) is 39.5 Å². The van der Waals surface area contributed by atoms with Crippen molar-refractivity contribution in [1.82, 2.24) is 0 Å². The Morgan fingerprint density at radius 3 is 2.29 bits per heavy atom. The molecule has 0 spiro atoms. The zero-order valence-electron chi connectivity index (χ0n) is 9.95. The van der Waals surface area contributed by atoms with E-state index in [9.17, 15) is 21.8 Å². The second-order valence-electron chi connectivity index (χ2n) is 5.99. The van der Waals surface area contributed by atoms with Crippen molar-refractivity contribution in [2.45, 2.75) is 44.8 Å². The van der Waals surface area contributed by atoms with Crippen molar-refractivity contribution in [2.75, 3.05) is 0 Å². The minimum absolute atomic E-state index is 0.00733. The molecule has 0 aliphatic heterocycles. The van der Waals surface area contributed by atoms with E-state index in [1.165, 1.54) is 0 Å². The first-order chi connectivity index (χ1) is 7.56. The average Bonchev–Trinajstić information content (AvgIpc) is 2.51. The maximum Gasteiger partial charge on any atom is 0.334 e. The Hall–Kier alpha value is -0.230. The predicted molar refractivity (Wildman–Crippen MR) is 57.4 cm³/mol. The molecule has 2 rings (SSSR count). The molecule has 0 aromatic carbocycles. The molecule has 0 heterocycles. The van der Waals surface area contributed by atoms with E-state index in [0.29, 0.717) is 12.3 Å². The highest BCUT2D eigenvalue weighted by Gasteiger charge is 2.56. The first kappa shape index (κ1) is 13.2. The fraction of sp³-hybridized carbons (Fsp3) is 1.00. The van der Waals surface area contributed by atoms with Crippen LogP contribution >= 0.6 is 0 Å². The van der Waals surface area contributed by atoms with Crippen LogP contribution in [0.25, 0.3) is 0 Å². The normalized spacial score (nSPS) is 36.4. The van der Waals surface area contributed by atoms with Crippen LogP contribution in [0.15, 0.2) is 0 Å². The van der Waals surface area contributed by atoms with E-state index in [2.05, 4.69) is 13.8 Å². The summed E-state index contributed by atoms with van der Waals surface area (Å²) >= 11 is 0. The van der Waals surface area contributed by atoms with E-state index in [1.807, 2.05) is 0 Å². The van der Waals surface area contributed by atoms with Crippen LogP contribution in [0.4, 0.5) is 8.78 Å². The SMILES string of the molecule is CC1(C)C2CCC1C(CC(F)(F)S(=O)(=O)[O-])C2. The van der Waals surface area contributed by atoms with Crippen LogP contribution in [0.3, 0.4) is 0 Å². The number of alkyl halides is 2. The third-order valence-electron chi connectivity index (χ3n) is 4.86. The quantitative estimate of drug-likeness (QED) is 0.738. The van der Waals surface area contributed by atoms with Gasteiger partial charge in [-0.2, -0.15) is 8.78 Å². The lowest BCUT2D eigenvalue weighted by molar-refractivity contribution is 0.0378. The Kier molecular flexibility index (Phi) is 2.82. The maximum absolute atomic E-state index is 13.3. The van der Waals surface area contributed by atoms with Crippen molar-refractivity contribution in [3.05, 3.63) is 0 Å². The number of hydrogen-bond acceptors (Lipinski definition) is 3. The number of fused-ring (bicyclic) bond motifs is 2. The van der Waals surface area contributed by atoms with E-state index in [1.54, 1.807) is 0 Å². The highest BCUT2D eigenvalue weighted by molar-refractivity contribution is 7.86. The van der Waals surface area contributed by atoms with Crippen molar-refractivity contribution in [2.24, 2.45) is 23.2 Å². The van der Waals surface area contributed by atoms with Crippen LogP contribution in [0.2, 0.25) is 0 Å². The summed E-state index contributed by atoms with van der Waals surface area (Å²) in [5, 5.41) is -4.11. The summed E-state index contributed by atoms with van der Waals surface area (Å²) in [6, 6.07) is 0. The van der Waals surface area contributed by atoms with Crippen LogP contribution in [0.5, 0.6) is 0 Å². The standard InChI is InChI=1S/C11H18F2O3S/c1-10(2)8-3-4-9(10)7(5-8)6-11(12,13)17(14,15)16/h7-9H,3-6H2,1-2H3,(H,14,15,16)/p-1. The third-order valence-corrected chi connectivity index (χ3v) is 5.75. The molecule has 2 saturated carbocycles. The molecule has 2 bridgehead atoms. The van der Waals surface area contributed by atoms with E-state index < -0.39 is 21.8 Å². The van der Waals surface area contributed by atoms with Gasteiger partial charge in [0.05, 0.1) is 0 Å². The van der Waals surface area contributed by atoms with Crippen molar-refractivity contribution >= 4 is 10.1 Å². The number of halogens is 2. The molecule has 2 fully saturated rings. The fourth-order valence-electron chi connectivity index (χ4n) is 3.85. The molecule has 6 heteroatoms. The summed E-state index contributed by atoms with van der Waals surface area (Å²) in [4.78, 5) is 0. The van der Waals surface area contributed by atoms with Crippen LogP contribution in [0, 0.1) is 23.2 Å². The van der Waals surface area contributed by atoms with Crippen molar-refractivity contribution in [1.29, 1.82) is 0 Å². The molecular formula is C11H17F2O3S-. The van der Waals surface area contributed by atoms with Gasteiger partial charge in [-0.25, -0.2) is 8.42 Å². The lowest BCUT2D eigenvalue weighted by Gasteiger charge is -2.30. The first-order valence-corrected chi connectivity index (χ1v) is 7.30. The molecule has 0 aromatic rings. The van der Waals surface area contributed by atoms with E-state index in [0.717, 1.165) is 12.8 Å². The molecule has 0 N–H and O–H groups in total. The molecule has 17 heavy (non-hydrogen) atoms. The summed E-state index contributed by atoms with van der Waals surface area (Å²) in [6.45, 7) is 4.11. The zero-order chi connectivity index (χ0) is 13.1. The van der Waals surface area contributed by atoms with Gasteiger partial charge in [0.25, 0.3) is 0 Å². The zero-order valence-corrected chi connectivity index (χ0v) is 10.8. The Morgan fingerprint density at radius 1 is 1.35 bits per heavy atom. The smallest absolute Gasteiger partial charge is 0.334 e. The second kappa shape index (κ2) is 3.63. The lowest BCUT2D eigenvalue weighted by atomic mass is 9.79. The Bertz CT molecular complexity index is 416. The van der Waals surface area contributed by atoms with E-state index in [-0.39, 0.29) is 17.3 Å². The average molecular weight is 267 g/mol. The molecule has 2 aliphatic carbocycles. The summed E-state index contributed by atoms with van der Waals surface area (Å²) < 4.78 is 58.0. The molecule has 2 aliphatic rings. The number of hydrogen-bond donors (Lipinski definition) is 0. The molecule has 3 nitrogen and oxygen atoms in total. The van der Waals surface area contributed by atoms with Gasteiger partial charge in [0.15, 0.2) is 10.1 Å². The highest BCUT2D eigenvalue weighted by Crippen LogP contribution is 2.62. The molecule has 0 aromatic heterocycles. The van der Waals surface area contributed by atoms with Gasteiger partial charge in [0.1, 0.15) is 0 Å². The van der Waals surface area contributed by atoms with Gasteiger partial charge in [0.2, 0.25) is 0 Å². The van der Waals surface area contributed by atoms with Gasteiger partial charge in [-0.1, -0.05) is 13.8 Å². The van der Waals surface area contributed by atoms with Crippen LogP contribution in [-0.2, 0) is 10.1 Å². The molecule has 3 atom stereocenters. The Labute approximate surface area is 100 Å². The minimum Gasteiger partial charge on any atom is -0.743 e. The summed E-state index contributed by atoms with van der Waals surface area (Å²) in [6.07, 6.45) is 1.73. The van der Waals surface area contributed by atoms with Gasteiger partial charge in [0, 0.05) is 6.42 Å². The van der Waals surface area contributed by atoms with Gasteiger partial charge in [-0.15, -0.1) is 0 Å². The van der Waals surface area contributed by atoms with Gasteiger partial charge in [-0.3, -0.25) is 0 Å².